The molecule has 32 heavy (non-hydrogen) atoms. The van der Waals surface area contributed by atoms with Crippen LogP contribution in [0.2, 0.25) is 5.02 Å². The van der Waals surface area contributed by atoms with Crippen LogP contribution in [0, 0.1) is 11.7 Å². The first-order valence-corrected chi connectivity index (χ1v) is 11.7. The molecule has 0 spiro atoms. The molecule has 2 aromatic carbocycles. The first-order valence-electron chi connectivity index (χ1n) is 11.3. The molecule has 0 saturated heterocycles. The summed E-state index contributed by atoms with van der Waals surface area (Å²) < 4.78 is 13.0. The van der Waals surface area contributed by atoms with E-state index in [9.17, 15) is 14.0 Å². The van der Waals surface area contributed by atoms with Crippen molar-refractivity contribution in [2.24, 2.45) is 5.92 Å². The van der Waals surface area contributed by atoms with Crippen LogP contribution in [0.4, 0.5) is 10.1 Å². The molecule has 5 nitrogen and oxygen atoms in total. The summed E-state index contributed by atoms with van der Waals surface area (Å²) in [6.45, 7) is 0.908. The van der Waals surface area contributed by atoms with Gasteiger partial charge in [0.1, 0.15) is 11.9 Å². The molecule has 0 radical (unpaired) electrons. The largest absolute Gasteiger partial charge is 0.383 e. The lowest BCUT2D eigenvalue weighted by Gasteiger charge is -2.26. The van der Waals surface area contributed by atoms with Gasteiger partial charge in [-0.3, -0.25) is 9.59 Å². The first kappa shape index (κ1) is 24.1. The number of carbonyl (C=O) groups excluding carboxylic acids is 2. The molecule has 0 aromatic heterocycles. The molecule has 1 aliphatic carbocycles. The number of halogens is 2. The molecule has 1 saturated carbocycles. The van der Waals surface area contributed by atoms with E-state index in [1.54, 1.807) is 24.3 Å². The Kier molecular flexibility index (Phi) is 9.35. The van der Waals surface area contributed by atoms with Gasteiger partial charge in [0.25, 0.3) is 0 Å². The van der Waals surface area contributed by atoms with E-state index in [0.29, 0.717) is 30.5 Å². The highest BCUT2D eigenvalue weighted by Crippen LogP contribution is 2.27. The van der Waals surface area contributed by atoms with Gasteiger partial charge in [0, 0.05) is 23.8 Å². The molecule has 1 aliphatic rings. The zero-order valence-corrected chi connectivity index (χ0v) is 19.0. The second kappa shape index (κ2) is 12.4. The van der Waals surface area contributed by atoms with Crippen molar-refractivity contribution in [3.63, 3.8) is 0 Å². The molecular formula is C25H31ClFN3O2. The van der Waals surface area contributed by atoms with Gasteiger partial charge < -0.3 is 16.0 Å². The van der Waals surface area contributed by atoms with Gasteiger partial charge in [0.2, 0.25) is 11.8 Å². The van der Waals surface area contributed by atoms with Crippen LogP contribution in [0.5, 0.6) is 0 Å². The molecule has 0 bridgehead atoms. The van der Waals surface area contributed by atoms with Gasteiger partial charge in [-0.25, -0.2) is 4.39 Å². The lowest BCUT2D eigenvalue weighted by molar-refractivity contribution is -0.129. The first-order chi connectivity index (χ1) is 15.5. The summed E-state index contributed by atoms with van der Waals surface area (Å²) in [6.07, 6.45) is 6.62. The Morgan fingerprint density at radius 3 is 2.50 bits per heavy atom. The molecule has 7 heteroatoms. The molecular weight excluding hydrogens is 429 g/mol. The van der Waals surface area contributed by atoms with Crippen LogP contribution < -0.4 is 16.0 Å². The van der Waals surface area contributed by atoms with E-state index < -0.39 is 6.04 Å². The van der Waals surface area contributed by atoms with E-state index in [4.69, 9.17) is 11.6 Å². The van der Waals surface area contributed by atoms with E-state index in [1.807, 2.05) is 12.1 Å². The van der Waals surface area contributed by atoms with Crippen LogP contribution in [-0.2, 0) is 16.0 Å². The van der Waals surface area contributed by atoms with Crippen LogP contribution in [0.15, 0.2) is 48.5 Å². The number of hydrogen-bond acceptors (Lipinski definition) is 3. The highest BCUT2D eigenvalue weighted by atomic mass is 35.5. The average Bonchev–Trinajstić information content (AvgIpc) is 2.78. The summed E-state index contributed by atoms with van der Waals surface area (Å²) in [6, 6.07) is 12.7. The molecule has 1 fully saturated rings. The van der Waals surface area contributed by atoms with Crippen molar-refractivity contribution in [3.05, 3.63) is 64.9 Å². The van der Waals surface area contributed by atoms with E-state index in [1.165, 1.54) is 31.4 Å². The van der Waals surface area contributed by atoms with E-state index in [-0.39, 0.29) is 24.1 Å². The van der Waals surface area contributed by atoms with Crippen molar-refractivity contribution in [2.75, 3.05) is 18.4 Å². The lowest BCUT2D eigenvalue weighted by Crippen LogP contribution is -2.49. The number of amides is 2. The summed E-state index contributed by atoms with van der Waals surface area (Å²) in [4.78, 5) is 25.5. The number of hydrogen-bond donors (Lipinski definition) is 3. The van der Waals surface area contributed by atoms with Gasteiger partial charge in [-0.15, -0.1) is 0 Å². The Labute approximate surface area is 194 Å². The highest BCUT2D eigenvalue weighted by Gasteiger charge is 2.25. The normalized spacial score (nSPS) is 15.1. The third-order valence-corrected chi connectivity index (χ3v) is 6.03. The van der Waals surface area contributed by atoms with E-state index in [0.717, 1.165) is 24.1 Å². The Bertz CT molecular complexity index is 885. The number of nitrogens with one attached hydrogen (secondary N) is 3. The van der Waals surface area contributed by atoms with Crippen molar-refractivity contribution < 1.29 is 14.0 Å². The lowest BCUT2D eigenvalue weighted by atomic mass is 9.84. The molecule has 172 valence electrons. The topological polar surface area (TPSA) is 70.2 Å². The van der Waals surface area contributed by atoms with Gasteiger partial charge in [-0.1, -0.05) is 55.8 Å². The zero-order chi connectivity index (χ0) is 22.8. The summed E-state index contributed by atoms with van der Waals surface area (Å²) in [7, 11) is 0. The van der Waals surface area contributed by atoms with Gasteiger partial charge in [0.05, 0.1) is 6.42 Å². The predicted octanol–water partition coefficient (Wildman–Crippen LogP) is 4.71. The highest BCUT2D eigenvalue weighted by molar-refractivity contribution is 6.30. The van der Waals surface area contributed by atoms with Gasteiger partial charge in [-0.2, -0.15) is 0 Å². The number of carbonyl (C=O) groups is 2. The average molecular weight is 460 g/mol. The fourth-order valence-corrected chi connectivity index (χ4v) is 4.36. The quantitative estimate of drug-likeness (QED) is 0.451. The van der Waals surface area contributed by atoms with Crippen LogP contribution in [0.3, 0.4) is 0 Å². The molecule has 3 N–H and O–H groups in total. The Hall–Kier alpha value is -2.60. The molecule has 0 aliphatic heterocycles. The fraction of sp³-hybridized carbons (Fsp3) is 0.440. The van der Waals surface area contributed by atoms with Gasteiger partial charge in [0.15, 0.2) is 0 Å². The van der Waals surface area contributed by atoms with Crippen LogP contribution in [-0.4, -0.2) is 30.9 Å². The minimum Gasteiger partial charge on any atom is -0.383 e. The maximum atomic E-state index is 13.0. The van der Waals surface area contributed by atoms with E-state index >= 15 is 0 Å². The molecule has 0 heterocycles. The maximum absolute atomic E-state index is 13.0. The molecule has 1 atom stereocenters. The van der Waals surface area contributed by atoms with Crippen LogP contribution >= 0.6 is 11.6 Å². The van der Waals surface area contributed by atoms with Crippen molar-refractivity contribution in [1.29, 1.82) is 0 Å². The standard InChI is InChI=1S/C25H31ClFN3O2/c26-20-8-4-7-19(15-20)17-24(31)30-23(16-18-5-2-1-3-6-18)25(32)29-14-13-28-22-11-9-21(27)10-12-22/h4,7-12,15,18,23,28H,1-3,5-6,13-14,16-17H2,(H,29,32)(H,30,31). The summed E-state index contributed by atoms with van der Waals surface area (Å²) in [5, 5.41) is 9.59. The minimum atomic E-state index is -0.560. The third kappa shape index (κ3) is 8.15. The SMILES string of the molecule is O=C(Cc1cccc(Cl)c1)NC(CC1CCCCC1)C(=O)NCCNc1ccc(F)cc1. The fourth-order valence-electron chi connectivity index (χ4n) is 4.15. The van der Waals surface area contributed by atoms with Crippen molar-refractivity contribution in [2.45, 2.75) is 51.0 Å². The molecule has 1 unspecified atom stereocenters. The van der Waals surface area contributed by atoms with Gasteiger partial charge >= 0.3 is 0 Å². The Balaban J connectivity index is 1.52. The van der Waals surface area contributed by atoms with Crippen molar-refractivity contribution in [3.8, 4) is 0 Å². The van der Waals surface area contributed by atoms with E-state index in [2.05, 4.69) is 16.0 Å². The van der Waals surface area contributed by atoms with Crippen molar-refractivity contribution in [1.82, 2.24) is 10.6 Å². The molecule has 2 amide bonds. The second-order valence-corrected chi connectivity index (χ2v) is 8.83. The predicted molar refractivity (Wildman–Crippen MR) is 126 cm³/mol. The Morgan fingerprint density at radius 2 is 1.78 bits per heavy atom. The smallest absolute Gasteiger partial charge is 0.242 e. The summed E-state index contributed by atoms with van der Waals surface area (Å²) in [5.74, 6) is -0.199. The second-order valence-electron chi connectivity index (χ2n) is 8.39. The Morgan fingerprint density at radius 1 is 1.03 bits per heavy atom. The summed E-state index contributed by atoms with van der Waals surface area (Å²) in [5.41, 5.74) is 1.60. The van der Waals surface area contributed by atoms with Crippen LogP contribution in [0.25, 0.3) is 0 Å². The number of anilines is 1. The molecule has 3 rings (SSSR count). The van der Waals surface area contributed by atoms with Gasteiger partial charge in [-0.05, 0) is 54.3 Å². The minimum absolute atomic E-state index is 0.170. The van der Waals surface area contributed by atoms with Crippen LogP contribution in [0.1, 0.15) is 44.1 Å². The number of benzene rings is 2. The third-order valence-electron chi connectivity index (χ3n) is 5.80. The van der Waals surface area contributed by atoms with Crippen molar-refractivity contribution >= 4 is 29.1 Å². The summed E-state index contributed by atoms with van der Waals surface area (Å²) >= 11 is 6.02. The maximum Gasteiger partial charge on any atom is 0.242 e. The monoisotopic (exact) mass is 459 g/mol. The zero-order valence-electron chi connectivity index (χ0n) is 18.2. The number of rotatable bonds is 10. The molecule has 2 aromatic rings.